The van der Waals surface area contributed by atoms with Crippen LogP contribution in [0.25, 0.3) is 11.3 Å². The van der Waals surface area contributed by atoms with Crippen molar-refractivity contribution in [3.63, 3.8) is 0 Å². The molecule has 26 heavy (non-hydrogen) atoms. The summed E-state index contributed by atoms with van der Waals surface area (Å²) >= 11 is 0. The van der Waals surface area contributed by atoms with Crippen LogP contribution in [0.2, 0.25) is 0 Å². The third kappa shape index (κ3) is 4.30. The van der Waals surface area contributed by atoms with Crippen LogP contribution in [0.15, 0.2) is 60.8 Å². The molecule has 0 aliphatic heterocycles. The molecule has 5 nitrogen and oxygen atoms in total. The molecule has 1 atom stereocenters. The van der Waals surface area contributed by atoms with E-state index in [0.29, 0.717) is 11.3 Å². The zero-order valence-electron chi connectivity index (χ0n) is 15.0. The SMILES string of the molecule is COc1ccc(-c2[nH]ncc2C(=O)N[C@H](C)CCc2ccccc2)cc1. The average molecular weight is 349 g/mol. The van der Waals surface area contributed by atoms with Gasteiger partial charge in [0.05, 0.1) is 24.6 Å². The highest BCUT2D eigenvalue weighted by molar-refractivity contribution is 5.99. The number of carbonyl (C=O) groups excluding carboxylic acids is 1. The van der Waals surface area contributed by atoms with Crippen molar-refractivity contribution >= 4 is 5.91 Å². The largest absolute Gasteiger partial charge is 0.497 e. The number of carbonyl (C=O) groups is 1. The number of aromatic nitrogens is 2. The molecular formula is C21H23N3O2. The summed E-state index contributed by atoms with van der Waals surface area (Å²) in [7, 11) is 1.63. The summed E-state index contributed by atoms with van der Waals surface area (Å²) in [5.74, 6) is 0.652. The molecule has 0 aliphatic rings. The van der Waals surface area contributed by atoms with Gasteiger partial charge in [0.2, 0.25) is 0 Å². The predicted octanol–water partition coefficient (Wildman–Crippen LogP) is 3.84. The quantitative estimate of drug-likeness (QED) is 0.681. The van der Waals surface area contributed by atoms with Crippen molar-refractivity contribution < 1.29 is 9.53 Å². The van der Waals surface area contributed by atoms with Gasteiger partial charge in [0.1, 0.15) is 5.75 Å². The first-order valence-electron chi connectivity index (χ1n) is 8.70. The second-order valence-corrected chi connectivity index (χ2v) is 6.29. The molecule has 3 aromatic rings. The van der Waals surface area contributed by atoms with Crippen LogP contribution in [0.3, 0.4) is 0 Å². The van der Waals surface area contributed by atoms with Gasteiger partial charge >= 0.3 is 0 Å². The Morgan fingerprint density at radius 1 is 1.15 bits per heavy atom. The topological polar surface area (TPSA) is 67.0 Å². The van der Waals surface area contributed by atoms with E-state index in [1.165, 1.54) is 5.56 Å². The zero-order chi connectivity index (χ0) is 18.4. The second kappa shape index (κ2) is 8.34. The standard InChI is InChI=1S/C21H23N3O2/c1-15(8-9-16-6-4-3-5-7-16)23-21(25)19-14-22-24-20(19)17-10-12-18(26-2)13-11-17/h3-7,10-15H,8-9H2,1-2H3,(H,22,24)(H,23,25)/t15-/m1/s1. The molecule has 0 fully saturated rings. The summed E-state index contributed by atoms with van der Waals surface area (Å²) < 4.78 is 5.18. The van der Waals surface area contributed by atoms with Crippen LogP contribution in [0.5, 0.6) is 5.75 Å². The van der Waals surface area contributed by atoms with Gasteiger partial charge in [-0.15, -0.1) is 0 Å². The van der Waals surface area contributed by atoms with E-state index in [2.05, 4.69) is 27.6 Å². The number of amides is 1. The van der Waals surface area contributed by atoms with Crippen molar-refractivity contribution in [3.8, 4) is 17.0 Å². The lowest BCUT2D eigenvalue weighted by Gasteiger charge is -2.14. The van der Waals surface area contributed by atoms with E-state index in [9.17, 15) is 4.79 Å². The normalized spacial score (nSPS) is 11.8. The number of hydrogen-bond donors (Lipinski definition) is 2. The Balaban J connectivity index is 1.64. The van der Waals surface area contributed by atoms with Crippen LogP contribution in [0.4, 0.5) is 0 Å². The molecule has 134 valence electrons. The van der Waals surface area contributed by atoms with Gasteiger partial charge in [-0.25, -0.2) is 0 Å². The summed E-state index contributed by atoms with van der Waals surface area (Å²) in [6.45, 7) is 2.02. The predicted molar refractivity (Wildman–Crippen MR) is 102 cm³/mol. The van der Waals surface area contributed by atoms with Gasteiger partial charge in [-0.1, -0.05) is 30.3 Å². The van der Waals surface area contributed by atoms with Crippen LogP contribution in [-0.2, 0) is 6.42 Å². The molecule has 0 spiro atoms. The Hall–Kier alpha value is -3.08. The Bertz CT molecular complexity index is 841. The molecule has 1 heterocycles. The van der Waals surface area contributed by atoms with Gasteiger partial charge in [0, 0.05) is 11.6 Å². The molecule has 5 heteroatoms. The van der Waals surface area contributed by atoms with E-state index in [0.717, 1.165) is 24.2 Å². The van der Waals surface area contributed by atoms with Crippen molar-refractivity contribution in [2.75, 3.05) is 7.11 Å². The number of ether oxygens (including phenoxy) is 1. The lowest BCUT2D eigenvalue weighted by molar-refractivity contribution is 0.0939. The number of hydrogen-bond acceptors (Lipinski definition) is 3. The number of nitrogens with one attached hydrogen (secondary N) is 2. The number of nitrogens with zero attached hydrogens (tertiary/aromatic N) is 1. The van der Waals surface area contributed by atoms with E-state index in [4.69, 9.17) is 4.74 Å². The number of aryl methyl sites for hydroxylation is 1. The minimum Gasteiger partial charge on any atom is -0.497 e. The van der Waals surface area contributed by atoms with Crippen molar-refractivity contribution in [1.82, 2.24) is 15.5 Å². The highest BCUT2D eigenvalue weighted by atomic mass is 16.5. The molecule has 0 unspecified atom stereocenters. The van der Waals surface area contributed by atoms with Crippen molar-refractivity contribution in [1.29, 1.82) is 0 Å². The van der Waals surface area contributed by atoms with Gasteiger partial charge in [-0.05, 0) is 49.6 Å². The van der Waals surface area contributed by atoms with Crippen LogP contribution in [0.1, 0.15) is 29.3 Å². The summed E-state index contributed by atoms with van der Waals surface area (Å²) in [5, 5.41) is 10.0. The fourth-order valence-corrected chi connectivity index (χ4v) is 2.84. The maximum atomic E-state index is 12.6. The Labute approximate surface area is 153 Å². The molecule has 2 aromatic carbocycles. The molecule has 0 saturated heterocycles. The zero-order valence-corrected chi connectivity index (χ0v) is 15.0. The number of methoxy groups -OCH3 is 1. The van der Waals surface area contributed by atoms with E-state index < -0.39 is 0 Å². The van der Waals surface area contributed by atoms with Crippen molar-refractivity contribution in [2.45, 2.75) is 25.8 Å². The molecule has 0 bridgehead atoms. The molecule has 0 radical (unpaired) electrons. The molecule has 1 amide bonds. The van der Waals surface area contributed by atoms with E-state index in [1.807, 2.05) is 49.4 Å². The first-order valence-corrected chi connectivity index (χ1v) is 8.70. The molecule has 0 saturated carbocycles. The Morgan fingerprint density at radius 2 is 1.88 bits per heavy atom. The van der Waals surface area contributed by atoms with E-state index >= 15 is 0 Å². The van der Waals surface area contributed by atoms with E-state index in [1.54, 1.807) is 13.3 Å². The number of H-pyrrole nitrogens is 1. The van der Waals surface area contributed by atoms with Gasteiger partial charge in [0.15, 0.2) is 0 Å². The fraction of sp³-hybridized carbons (Fsp3) is 0.238. The lowest BCUT2D eigenvalue weighted by Crippen LogP contribution is -2.33. The third-order valence-corrected chi connectivity index (χ3v) is 4.35. The highest BCUT2D eigenvalue weighted by Gasteiger charge is 2.17. The van der Waals surface area contributed by atoms with Crippen LogP contribution < -0.4 is 10.1 Å². The van der Waals surface area contributed by atoms with Crippen molar-refractivity contribution in [3.05, 3.63) is 71.9 Å². The van der Waals surface area contributed by atoms with Gasteiger partial charge in [-0.2, -0.15) is 5.10 Å². The summed E-state index contributed by atoms with van der Waals surface area (Å²) in [4.78, 5) is 12.6. The molecule has 0 aliphatic carbocycles. The maximum absolute atomic E-state index is 12.6. The smallest absolute Gasteiger partial charge is 0.255 e. The van der Waals surface area contributed by atoms with Crippen LogP contribution >= 0.6 is 0 Å². The number of benzene rings is 2. The first kappa shape index (κ1) is 17.7. The highest BCUT2D eigenvalue weighted by Crippen LogP contribution is 2.23. The minimum atomic E-state index is -0.120. The molecular weight excluding hydrogens is 326 g/mol. The average Bonchev–Trinajstić information content (AvgIpc) is 3.17. The lowest BCUT2D eigenvalue weighted by atomic mass is 10.0. The molecule has 2 N–H and O–H groups in total. The summed E-state index contributed by atoms with van der Waals surface area (Å²) in [5.41, 5.74) is 3.42. The monoisotopic (exact) mass is 349 g/mol. The Morgan fingerprint density at radius 3 is 2.58 bits per heavy atom. The van der Waals surface area contributed by atoms with Crippen LogP contribution in [-0.4, -0.2) is 29.3 Å². The number of rotatable bonds is 7. The van der Waals surface area contributed by atoms with Crippen molar-refractivity contribution in [2.24, 2.45) is 0 Å². The van der Waals surface area contributed by atoms with Gasteiger partial charge in [0.25, 0.3) is 5.91 Å². The van der Waals surface area contributed by atoms with Crippen LogP contribution in [0, 0.1) is 0 Å². The third-order valence-electron chi connectivity index (χ3n) is 4.35. The second-order valence-electron chi connectivity index (χ2n) is 6.29. The molecule has 3 rings (SSSR count). The maximum Gasteiger partial charge on any atom is 0.255 e. The van der Waals surface area contributed by atoms with E-state index in [-0.39, 0.29) is 11.9 Å². The summed E-state index contributed by atoms with van der Waals surface area (Å²) in [6, 6.07) is 17.9. The molecule has 1 aromatic heterocycles. The number of aromatic amines is 1. The minimum absolute atomic E-state index is 0.0707. The Kier molecular flexibility index (Phi) is 5.69. The van der Waals surface area contributed by atoms with Gasteiger partial charge in [-0.3, -0.25) is 9.89 Å². The van der Waals surface area contributed by atoms with Gasteiger partial charge < -0.3 is 10.1 Å². The first-order chi connectivity index (χ1) is 12.7. The fourth-order valence-electron chi connectivity index (χ4n) is 2.84. The summed E-state index contributed by atoms with van der Waals surface area (Å²) in [6.07, 6.45) is 3.38.